The Hall–Kier alpha value is -2.82. The SMILES string of the molecule is CCN(CCOC(=O)c1ccc(C(=O)OC)cc1)c1cccc(C)c1. The van der Waals surface area contributed by atoms with Gasteiger partial charge in [0.25, 0.3) is 0 Å². The van der Waals surface area contributed by atoms with Gasteiger partial charge < -0.3 is 14.4 Å². The maximum atomic E-state index is 12.1. The van der Waals surface area contributed by atoms with Crippen LogP contribution in [0.5, 0.6) is 0 Å². The number of esters is 2. The molecule has 0 atom stereocenters. The number of carbonyl (C=O) groups excluding carboxylic acids is 2. The standard InChI is InChI=1S/C20H23NO4/c1-4-21(18-7-5-6-15(2)14-18)12-13-25-20(23)17-10-8-16(9-11-17)19(22)24-3/h5-11,14H,4,12-13H2,1-3H3. The predicted octanol–water partition coefficient (Wildman–Crippen LogP) is 3.46. The van der Waals surface area contributed by atoms with Crippen molar-refractivity contribution in [2.75, 3.05) is 31.7 Å². The quantitative estimate of drug-likeness (QED) is 0.722. The molecular formula is C20H23NO4. The fourth-order valence-electron chi connectivity index (χ4n) is 2.49. The summed E-state index contributed by atoms with van der Waals surface area (Å²) in [5.74, 6) is -0.839. The molecular weight excluding hydrogens is 318 g/mol. The Balaban J connectivity index is 1.89. The van der Waals surface area contributed by atoms with Crippen LogP contribution in [0.25, 0.3) is 0 Å². The van der Waals surface area contributed by atoms with Gasteiger partial charge in [0.15, 0.2) is 0 Å². The molecule has 25 heavy (non-hydrogen) atoms. The molecule has 0 saturated carbocycles. The lowest BCUT2D eigenvalue weighted by atomic mass is 10.1. The molecule has 0 unspecified atom stereocenters. The van der Waals surface area contributed by atoms with Crippen LogP contribution >= 0.6 is 0 Å². The summed E-state index contributed by atoms with van der Waals surface area (Å²) >= 11 is 0. The highest BCUT2D eigenvalue weighted by atomic mass is 16.5. The molecule has 0 aliphatic heterocycles. The number of likely N-dealkylation sites (N-methyl/N-ethyl adjacent to an activating group) is 1. The van der Waals surface area contributed by atoms with E-state index in [0.29, 0.717) is 24.3 Å². The molecule has 0 fully saturated rings. The zero-order chi connectivity index (χ0) is 18.2. The highest BCUT2D eigenvalue weighted by Crippen LogP contribution is 2.15. The van der Waals surface area contributed by atoms with Gasteiger partial charge in [-0.2, -0.15) is 0 Å². The van der Waals surface area contributed by atoms with Gasteiger partial charge >= 0.3 is 11.9 Å². The number of hydrogen-bond acceptors (Lipinski definition) is 5. The van der Waals surface area contributed by atoms with Crippen molar-refractivity contribution in [3.05, 3.63) is 65.2 Å². The summed E-state index contributed by atoms with van der Waals surface area (Å²) < 4.78 is 9.97. The van der Waals surface area contributed by atoms with Crippen molar-refractivity contribution in [3.8, 4) is 0 Å². The molecule has 2 aromatic carbocycles. The van der Waals surface area contributed by atoms with Crippen molar-refractivity contribution in [2.24, 2.45) is 0 Å². The Morgan fingerprint density at radius 3 is 2.20 bits per heavy atom. The Morgan fingerprint density at radius 2 is 1.64 bits per heavy atom. The van der Waals surface area contributed by atoms with E-state index in [9.17, 15) is 9.59 Å². The van der Waals surface area contributed by atoms with Crippen molar-refractivity contribution in [1.29, 1.82) is 0 Å². The van der Waals surface area contributed by atoms with Crippen LogP contribution in [0.1, 0.15) is 33.2 Å². The van der Waals surface area contributed by atoms with Crippen molar-refractivity contribution >= 4 is 17.6 Å². The molecule has 0 aliphatic carbocycles. The summed E-state index contributed by atoms with van der Waals surface area (Å²) in [5.41, 5.74) is 3.11. The van der Waals surface area contributed by atoms with E-state index in [1.165, 1.54) is 12.7 Å². The monoisotopic (exact) mass is 341 g/mol. The molecule has 2 rings (SSSR count). The maximum Gasteiger partial charge on any atom is 0.338 e. The lowest BCUT2D eigenvalue weighted by molar-refractivity contribution is 0.0513. The molecule has 0 radical (unpaired) electrons. The minimum atomic E-state index is -0.434. The second kappa shape index (κ2) is 8.87. The second-order valence-corrected chi connectivity index (χ2v) is 5.62. The Labute approximate surface area is 148 Å². The van der Waals surface area contributed by atoms with Crippen LogP contribution in [0, 0.1) is 6.92 Å². The summed E-state index contributed by atoms with van der Waals surface area (Å²) in [4.78, 5) is 25.6. The van der Waals surface area contributed by atoms with Crippen LogP contribution < -0.4 is 4.90 Å². The van der Waals surface area contributed by atoms with E-state index in [1.807, 2.05) is 12.1 Å². The topological polar surface area (TPSA) is 55.8 Å². The van der Waals surface area contributed by atoms with Gasteiger partial charge in [-0.15, -0.1) is 0 Å². The lowest BCUT2D eigenvalue weighted by Crippen LogP contribution is -2.28. The Kier molecular flexibility index (Phi) is 6.57. The number of rotatable bonds is 7. The smallest absolute Gasteiger partial charge is 0.338 e. The van der Waals surface area contributed by atoms with Crippen molar-refractivity contribution < 1.29 is 19.1 Å². The highest BCUT2D eigenvalue weighted by molar-refractivity contribution is 5.93. The van der Waals surface area contributed by atoms with Gasteiger partial charge in [-0.05, 0) is 55.8 Å². The van der Waals surface area contributed by atoms with E-state index in [4.69, 9.17) is 4.74 Å². The summed E-state index contributed by atoms with van der Waals surface area (Å²) in [6.45, 7) is 5.85. The summed E-state index contributed by atoms with van der Waals surface area (Å²) in [5, 5.41) is 0. The van der Waals surface area contributed by atoms with Crippen molar-refractivity contribution in [3.63, 3.8) is 0 Å². The minimum Gasteiger partial charge on any atom is -0.465 e. The zero-order valence-electron chi connectivity index (χ0n) is 14.8. The van der Waals surface area contributed by atoms with E-state index in [1.54, 1.807) is 24.3 Å². The van der Waals surface area contributed by atoms with Gasteiger partial charge in [-0.25, -0.2) is 9.59 Å². The molecule has 5 heteroatoms. The van der Waals surface area contributed by atoms with Crippen molar-refractivity contribution in [2.45, 2.75) is 13.8 Å². The number of ether oxygens (including phenoxy) is 2. The largest absolute Gasteiger partial charge is 0.465 e. The molecule has 0 N–H and O–H groups in total. The van der Waals surface area contributed by atoms with Gasteiger partial charge in [0, 0.05) is 12.2 Å². The van der Waals surface area contributed by atoms with Crippen molar-refractivity contribution in [1.82, 2.24) is 0 Å². The highest BCUT2D eigenvalue weighted by Gasteiger charge is 2.11. The van der Waals surface area contributed by atoms with Gasteiger partial charge in [-0.3, -0.25) is 0 Å². The number of aryl methyl sites for hydroxylation is 1. The molecule has 0 aliphatic rings. The maximum absolute atomic E-state index is 12.1. The van der Waals surface area contributed by atoms with E-state index in [0.717, 1.165) is 12.2 Å². The third-order valence-corrected chi connectivity index (χ3v) is 3.88. The second-order valence-electron chi connectivity index (χ2n) is 5.62. The van der Waals surface area contributed by atoms with E-state index >= 15 is 0 Å². The van der Waals surface area contributed by atoms with E-state index in [-0.39, 0.29) is 0 Å². The molecule has 0 heterocycles. The van der Waals surface area contributed by atoms with Gasteiger partial charge in [-0.1, -0.05) is 12.1 Å². The van der Waals surface area contributed by atoms with Crippen LogP contribution in [0.2, 0.25) is 0 Å². The van der Waals surface area contributed by atoms with Crippen LogP contribution in [-0.4, -0.2) is 38.7 Å². The van der Waals surface area contributed by atoms with Crippen LogP contribution in [-0.2, 0) is 9.47 Å². The van der Waals surface area contributed by atoms with E-state index < -0.39 is 11.9 Å². The Bertz CT molecular complexity index is 725. The average Bonchev–Trinajstić information content (AvgIpc) is 2.64. The first kappa shape index (κ1) is 18.5. The van der Waals surface area contributed by atoms with Gasteiger partial charge in [0.05, 0.1) is 24.8 Å². The number of nitrogens with zero attached hydrogens (tertiary/aromatic N) is 1. The molecule has 0 bridgehead atoms. The number of carbonyl (C=O) groups is 2. The van der Waals surface area contributed by atoms with E-state index in [2.05, 4.69) is 35.6 Å². The molecule has 132 valence electrons. The van der Waals surface area contributed by atoms with Crippen LogP contribution in [0.3, 0.4) is 0 Å². The molecule has 0 saturated heterocycles. The van der Waals surface area contributed by atoms with Crippen LogP contribution in [0.15, 0.2) is 48.5 Å². The minimum absolute atomic E-state index is 0.291. The Morgan fingerprint density at radius 1 is 1.00 bits per heavy atom. The number of anilines is 1. The fourth-order valence-corrected chi connectivity index (χ4v) is 2.49. The number of hydrogen-bond donors (Lipinski definition) is 0. The molecule has 5 nitrogen and oxygen atoms in total. The molecule has 0 spiro atoms. The lowest BCUT2D eigenvalue weighted by Gasteiger charge is -2.23. The van der Waals surface area contributed by atoms with Gasteiger partial charge in [0.1, 0.15) is 6.61 Å². The first-order valence-electron chi connectivity index (χ1n) is 8.22. The van der Waals surface area contributed by atoms with Gasteiger partial charge in [0.2, 0.25) is 0 Å². The normalized spacial score (nSPS) is 10.2. The molecule has 0 amide bonds. The summed E-state index contributed by atoms with van der Waals surface area (Å²) in [7, 11) is 1.32. The summed E-state index contributed by atoms with van der Waals surface area (Å²) in [6.07, 6.45) is 0. The molecule has 2 aromatic rings. The predicted molar refractivity (Wildman–Crippen MR) is 97.1 cm³/mol. The zero-order valence-corrected chi connectivity index (χ0v) is 14.8. The van der Waals surface area contributed by atoms with Crippen LogP contribution in [0.4, 0.5) is 5.69 Å². The number of methoxy groups -OCH3 is 1. The third kappa shape index (κ3) is 5.08. The first-order valence-corrected chi connectivity index (χ1v) is 8.22. The third-order valence-electron chi connectivity index (χ3n) is 3.88. The molecule has 0 aromatic heterocycles. The number of benzene rings is 2. The average molecular weight is 341 g/mol. The summed E-state index contributed by atoms with van der Waals surface area (Å²) in [6, 6.07) is 14.4. The first-order chi connectivity index (χ1) is 12.0. The fraction of sp³-hybridized carbons (Fsp3) is 0.300.